The van der Waals surface area contributed by atoms with E-state index in [-0.39, 0.29) is 17.8 Å². The van der Waals surface area contributed by atoms with Gasteiger partial charge in [0.1, 0.15) is 11.9 Å². The third-order valence-corrected chi connectivity index (χ3v) is 5.73. The summed E-state index contributed by atoms with van der Waals surface area (Å²) >= 11 is 0. The lowest BCUT2D eigenvalue weighted by molar-refractivity contribution is -0.119. The summed E-state index contributed by atoms with van der Waals surface area (Å²) in [4.78, 5) is 21.8. The molecule has 2 aliphatic rings. The first-order chi connectivity index (χ1) is 14.7. The number of nitrogens with one attached hydrogen (secondary N) is 1. The molecule has 1 fully saturated rings. The molecule has 0 unspecified atom stereocenters. The van der Waals surface area contributed by atoms with Gasteiger partial charge in [0.15, 0.2) is 0 Å². The van der Waals surface area contributed by atoms with Crippen LogP contribution in [0.15, 0.2) is 47.6 Å². The number of carbonyl (C=O) groups is 1. The fourth-order valence-corrected chi connectivity index (χ4v) is 4.13. The summed E-state index contributed by atoms with van der Waals surface area (Å²) in [6.07, 6.45) is 4.79. The van der Waals surface area contributed by atoms with E-state index in [9.17, 15) is 4.79 Å². The van der Waals surface area contributed by atoms with Crippen LogP contribution in [0.4, 0.5) is 0 Å². The molecule has 1 N–H and O–H groups in total. The maximum absolute atomic E-state index is 12.7. The van der Waals surface area contributed by atoms with Gasteiger partial charge < -0.3 is 14.8 Å². The van der Waals surface area contributed by atoms with Gasteiger partial charge in [0.05, 0.1) is 18.7 Å². The lowest BCUT2D eigenvalue weighted by Crippen LogP contribution is -2.33. The third-order valence-electron chi connectivity index (χ3n) is 5.73. The van der Waals surface area contributed by atoms with Crippen LogP contribution in [0, 0.1) is 0 Å². The number of fused-ring (bicyclic) bond motifs is 1. The summed E-state index contributed by atoms with van der Waals surface area (Å²) in [7, 11) is 1.67. The molecule has 0 bridgehead atoms. The number of carbonyl (C=O) groups excluding carboxylic acids is 1. The van der Waals surface area contributed by atoms with Crippen molar-refractivity contribution in [1.82, 2.24) is 10.3 Å². The molecule has 0 saturated carbocycles. The molecule has 0 amide bonds. The first-order valence-electron chi connectivity index (χ1n) is 10.7. The summed E-state index contributed by atoms with van der Waals surface area (Å²) in [5, 5.41) is 3.34. The maximum Gasteiger partial charge on any atom is 0.218 e. The average Bonchev–Trinajstić information content (AvgIpc) is 3.16. The molecule has 4 rings (SSSR count). The van der Waals surface area contributed by atoms with Crippen LogP contribution < -0.4 is 5.32 Å². The zero-order valence-electron chi connectivity index (χ0n) is 17.5. The van der Waals surface area contributed by atoms with E-state index in [1.165, 1.54) is 0 Å². The molecule has 1 atom stereocenters. The quantitative estimate of drug-likeness (QED) is 0.728. The Bertz CT molecular complexity index is 892. The Kier molecular flexibility index (Phi) is 6.87. The average molecular weight is 408 g/mol. The number of aliphatic imine (C=N–C) groups is 1. The van der Waals surface area contributed by atoms with E-state index >= 15 is 0 Å². The highest BCUT2D eigenvalue weighted by atomic mass is 16.5. The van der Waals surface area contributed by atoms with Crippen molar-refractivity contribution < 1.29 is 14.3 Å². The zero-order chi connectivity index (χ0) is 20.8. The summed E-state index contributed by atoms with van der Waals surface area (Å²) < 4.78 is 11.5. The van der Waals surface area contributed by atoms with Crippen molar-refractivity contribution in [1.29, 1.82) is 0 Å². The minimum Gasteiger partial charge on any atom is -0.474 e. The summed E-state index contributed by atoms with van der Waals surface area (Å²) in [6, 6.07) is 12.1. The molecule has 1 aromatic carbocycles. The highest BCUT2D eigenvalue weighted by Gasteiger charge is 2.24. The van der Waals surface area contributed by atoms with E-state index in [1.54, 1.807) is 7.11 Å². The molecule has 30 heavy (non-hydrogen) atoms. The number of aromatic nitrogens is 1. The van der Waals surface area contributed by atoms with Crippen molar-refractivity contribution in [2.24, 2.45) is 4.99 Å². The minimum atomic E-state index is 0.0615. The van der Waals surface area contributed by atoms with Gasteiger partial charge in [-0.3, -0.25) is 9.78 Å². The number of nitrogens with zero attached hydrogens (tertiary/aromatic N) is 2. The first kappa shape index (κ1) is 20.7. The van der Waals surface area contributed by atoms with Gasteiger partial charge in [0.2, 0.25) is 5.90 Å². The fraction of sp³-hybridized carbons (Fsp3) is 0.458. The summed E-state index contributed by atoms with van der Waals surface area (Å²) in [5.41, 5.74) is 3.98. The van der Waals surface area contributed by atoms with Gasteiger partial charge in [0, 0.05) is 37.8 Å². The molecule has 2 aromatic rings. The van der Waals surface area contributed by atoms with Crippen LogP contribution in [0.3, 0.4) is 0 Å². The van der Waals surface area contributed by atoms with E-state index in [1.807, 2.05) is 42.6 Å². The molecule has 0 spiro atoms. The number of methoxy groups -OCH3 is 1. The van der Waals surface area contributed by atoms with Crippen LogP contribution in [0.2, 0.25) is 0 Å². The second-order valence-electron chi connectivity index (χ2n) is 8.00. The minimum absolute atomic E-state index is 0.0615. The van der Waals surface area contributed by atoms with E-state index < -0.39 is 0 Å². The Morgan fingerprint density at radius 3 is 2.80 bits per heavy atom. The fourth-order valence-electron chi connectivity index (χ4n) is 4.13. The van der Waals surface area contributed by atoms with Crippen molar-refractivity contribution in [3.05, 3.63) is 65.0 Å². The van der Waals surface area contributed by atoms with Crippen LogP contribution in [-0.4, -0.2) is 49.6 Å². The number of ketones is 1. The lowest BCUT2D eigenvalue weighted by atomic mass is 9.93. The Hall–Kier alpha value is -2.57. The number of piperidine rings is 1. The summed E-state index contributed by atoms with van der Waals surface area (Å²) in [5.74, 6) is 0.927. The van der Waals surface area contributed by atoms with Crippen molar-refractivity contribution >= 4 is 11.7 Å². The molecule has 158 valence electrons. The van der Waals surface area contributed by atoms with Crippen LogP contribution in [-0.2, 0) is 27.2 Å². The third kappa shape index (κ3) is 5.12. The molecule has 0 radical (unpaired) electrons. The lowest BCUT2D eigenvalue weighted by Gasteiger charge is -2.23. The molecular formula is C24H29N3O3. The smallest absolute Gasteiger partial charge is 0.218 e. The van der Waals surface area contributed by atoms with Gasteiger partial charge in [-0.2, -0.15) is 0 Å². The highest BCUT2D eigenvalue weighted by molar-refractivity contribution is 5.97. The normalized spacial score (nSPS) is 17.3. The molecule has 1 aromatic heterocycles. The maximum atomic E-state index is 12.7. The van der Waals surface area contributed by atoms with Gasteiger partial charge in [-0.1, -0.05) is 30.3 Å². The Balaban J connectivity index is 1.37. The van der Waals surface area contributed by atoms with Crippen molar-refractivity contribution in [2.45, 2.75) is 44.2 Å². The number of hydrogen-bond acceptors (Lipinski definition) is 6. The van der Waals surface area contributed by atoms with Crippen molar-refractivity contribution in [3.8, 4) is 0 Å². The van der Waals surface area contributed by atoms with Crippen molar-refractivity contribution in [2.75, 3.05) is 26.8 Å². The standard InChI is InChI=1S/C24H29N3O3/c1-29-16-19(17-5-3-2-4-6-17)12-21(28)13-20-11-18-14-27-24(23(18)15-26-20)30-22-7-9-25-10-8-22/h2-6,11,15,19,22,25H,7-10,12-14,16H2,1H3/t19-/m1/s1. The Morgan fingerprint density at radius 1 is 1.23 bits per heavy atom. The van der Waals surface area contributed by atoms with Crippen LogP contribution in [0.5, 0.6) is 0 Å². The first-order valence-corrected chi connectivity index (χ1v) is 10.7. The van der Waals surface area contributed by atoms with E-state index in [2.05, 4.69) is 15.3 Å². The predicted molar refractivity (Wildman–Crippen MR) is 116 cm³/mol. The topological polar surface area (TPSA) is 72.8 Å². The highest BCUT2D eigenvalue weighted by Crippen LogP contribution is 2.24. The number of pyridine rings is 1. The Labute approximate surface area is 177 Å². The predicted octanol–water partition coefficient (Wildman–Crippen LogP) is 3.04. The number of benzene rings is 1. The second-order valence-corrected chi connectivity index (χ2v) is 8.00. The molecule has 6 nitrogen and oxygen atoms in total. The van der Waals surface area contributed by atoms with Gasteiger partial charge in [-0.15, -0.1) is 0 Å². The largest absolute Gasteiger partial charge is 0.474 e. The zero-order valence-corrected chi connectivity index (χ0v) is 17.5. The molecular weight excluding hydrogens is 378 g/mol. The van der Waals surface area contributed by atoms with Gasteiger partial charge >= 0.3 is 0 Å². The van der Waals surface area contributed by atoms with Crippen LogP contribution in [0.1, 0.15) is 47.6 Å². The number of hydrogen-bond donors (Lipinski definition) is 1. The van der Waals surface area contributed by atoms with Crippen molar-refractivity contribution in [3.63, 3.8) is 0 Å². The second kappa shape index (κ2) is 9.96. The van der Waals surface area contributed by atoms with E-state index in [0.717, 1.165) is 48.3 Å². The molecule has 1 saturated heterocycles. The Morgan fingerprint density at radius 2 is 2.03 bits per heavy atom. The van der Waals surface area contributed by atoms with E-state index in [4.69, 9.17) is 9.47 Å². The van der Waals surface area contributed by atoms with Gasteiger partial charge in [0.25, 0.3) is 0 Å². The van der Waals surface area contributed by atoms with Crippen LogP contribution >= 0.6 is 0 Å². The van der Waals surface area contributed by atoms with Crippen LogP contribution in [0.25, 0.3) is 0 Å². The molecule has 0 aliphatic carbocycles. The molecule has 3 heterocycles. The molecule has 6 heteroatoms. The number of ether oxygens (including phenoxy) is 2. The summed E-state index contributed by atoms with van der Waals surface area (Å²) in [6.45, 7) is 3.09. The van der Waals surface area contributed by atoms with E-state index in [0.29, 0.717) is 31.9 Å². The monoisotopic (exact) mass is 407 g/mol. The SMILES string of the molecule is COC[C@@H](CC(=O)Cc1cc2c(cn1)C(OC1CCNCC1)=NC2)c1ccccc1. The van der Waals surface area contributed by atoms with Gasteiger partial charge in [-0.05, 0) is 43.1 Å². The number of rotatable bonds is 8. The van der Waals surface area contributed by atoms with Gasteiger partial charge in [-0.25, -0.2) is 4.99 Å². The number of Topliss-reactive ketones (excluding diaryl/α,β-unsaturated/α-hetero) is 1. The molecule has 2 aliphatic heterocycles.